The van der Waals surface area contributed by atoms with Crippen molar-refractivity contribution in [1.29, 1.82) is 0 Å². The number of thioether (sulfide) groups is 1. The topological polar surface area (TPSA) is 76.9 Å². The number of benzene rings is 1. The summed E-state index contributed by atoms with van der Waals surface area (Å²) < 4.78 is 15.6. The minimum Gasteiger partial charge on any atom is -0.301 e. The monoisotopic (exact) mass is 448 g/mol. The minimum absolute atomic E-state index is 0.0737. The smallest absolute Gasteiger partial charge is 0.263 e. The molecule has 0 saturated heterocycles. The number of nitrogens with zero attached hydrogens (tertiary/aromatic N) is 3. The number of carbonyl (C=O) groups is 1. The van der Waals surface area contributed by atoms with Gasteiger partial charge in [-0.3, -0.25) is 14.2 Å². The highest BCUT2D eigenvalue weighted by atomic mass is 32.2. The number of rotatable bonds is 5. The highest BCUT2D eigenvalue weighted by molar-refractivity contribution is 7.99. The van der Waals surface area contributed by atoms with Crippen LogP contribution in [0.15, 0.2) is 28.2 Å². The third kappa shape index (κ3) is 3.79. The fraction of sp³-hybridized carbons (Fsp3) is 0.263. The molecule has 0 fully saturated rings. The number of halogens is 1. The van der Waals surface area contributed by atoms with Crippen LogP contribution in [0.2, 0.25) is 0 Å². The maximum atomic E-state index is 13.3. The molecule has 10 heteroatoms. The number of hydrogen-bond acceptors (Lipinski definition) is 7. The van der Waals surface area contributed by atoms with Crippen LogP contribution >= 0.6 is 34.4 Å². The van der Waals surface area contributed by atoms with E-state index in [9.17, 15) is 14.0 Å². The maximum Gasteiger partial charge on any atom is 0.263 e. The molecular formula is C19H17FN4O2S3. The number of anilines is 1. The molecule has 0 radical (unpaired) electrons. The second-order valence-electron chi connectivity index (χ2n) is 6.38. The van der Waals surface area contributed by atoms with Crippen LogP contribution in [0.25, 0.3) is 20.4 Å². The van der Waals surface area contributed by atoms with Crippen LogP contribution < -0.4 is 10.9 Å². The summed E-state index contributed by atoms with van der Waals surface area (Å²) >= 11 is 3.92. The zero-order chi connectivity index (χ0) is 20.7. The molecule has 150 valence electrons. The Morgan fingerprint density at radius 2 is 2.07 bits per heavy atom. The van der Waals surface area contributed by atoms with Crippen LogP contribution in [0.5, 0.6) is 0 Å². The van der Waals surface area contributed by atoms with E-state index in [0.29, 0.717) is 37.3 Å². The molecular weight excluding hydrogens is 431 g/mol. The van der Waals surface area contributed by atoms with Gasteiger partial charge in [-0.15, -0.1) is 11.3 Å². The standard InChI is InChI=1S/C19H17FN4O2S3/c1-4-24-17(26)15-9(2)10(3)28-16(15)23-19(24)27-8-14(25)22-18-21-12-6-5-11(20)7-13(12)29-18/h5-7H,4,8H2,1-3H3,(H,21,22,25). The summed E-state index contributed by atoms with van der Waals surface area (Å²) in [4.78, 5) is 35.9. The van der Waals surface area contributed by atoms with E-state index in [-0.39, 0.29) is 23.0 Å². The molecule has 0 saturated carbocycles. The third-order valence-electron chi connectivity index (χ3n) is 4.50. The van der Waals surface area contributed by atoms with E-state index >= 15 is 0 Å². The zero-order valence-electron chi connectivity index (χ0n) is 15.9. The van der Waals surface area contributed by atoms with Crippen LogP contribution in [0.4, 0.5) is 9.52 Å². The summed E-state index contributed by atoms with van der Waals surface area (Å²) in [5.41, 5.74) is 1.52. The molecule has 1 N–H and O–H groups in total. The second kappa shape index (κ2) is 7.85. The van der Waals surface area contributed by atoms with Gasteiger partial charge < -0.3 is 5.32 Å². The molecule has 3 heterocycles. The molecule has 4 aromatic rings. The molecule has 0 spiro atoms. The van der Waals surface area contributed by atoms with E-state index in [0.717, 1.165) is 10.4 Å². The molecule has 0 bridgehead atoms. The van der Waals surface area contributed by atoms with Crippen molar-refractivity contribution in [2.75, 3.05) is 11.1 Å². The predicted octanol–water partition coefficient (Wildman–Crippen LogP) is 4.57. The van der Waals surface area contributed by atoms with Crippen molar-refractivity contribution in [1.82, 2.24) is 14.5 Å². The quantitative estimate of drug-likeness (QED) is 0.357. The number of aromatic nitrogens is 3. The van der Waals surface area contributed by atoms with Crippen molar-refractivity contribution >= 4 is 65.9 Å². The van der Waals surface area contributed by atoms with Crippen LogP contribution in [-0.2, 0) is 11.3 Å². The summed E-state index contributed by atoms with van der Waals surface area (Å²) in [5, 5.41) is 4.33. The first-order chi connectivity index (χ1) is 13.9. The van der Waals surface area contributed by atoms with Crippen LogP contribution in [0.1, 0.15) is 17.4 Å². The van der Waals surface area contributed by atoms with Crippen LogP contribution in [0.3, 0.4) is 0 Å². The Morgan fingerprint density at radius 3 is 2.83 bits per heavy atom. The Hall–Kier alpha value is -2.30. The molecule has 0 aliphatic carbocycles. The van der Waals surface area contributed by atoms with Gasteiger partial charge in [0.15, 0.2) is 10.3 Å². The van der Waals surface area contributed by atoms with Crippen molar-refractivity contribution in [3.05, 3.63) is 44.8 Å². The highest BCUT2D eigenvalue weighted by Gasteiger charge is 2.17. The van der Waals surface area contributed by atoms with Gasteiger partial charge in [-0.25, -0.2) is 14.4 Å². The Kier molecular flexibility index (Phi) is 5.41. The fourth-order valence-electron chi connectivity index (χ4n) is 2.94. The molecule has 4 rings (SSSR count). The average Bonchev–Trinajstić information content (AvgIpc) is 3.19. The number of aryl methyl sites for hydroxylation is 2. The molecule has 0 aliphatic heterocycles. The normalized spacial score (nSPS) is 11.4. The average molecular weight is 449 g/mol. The number of nitrogens with one attached hydrogen (secondary N) is 1. The number of thiophene rings is 1. The lowest BCUT2D eigenvalue weighted by atomic mass is 10.2. The molecule has 1 amide bonds. The summed E-state index contributed by atoms with van der Waals surface area (Å²) in [7, 11) is 0. The molecule has 6 nitrogen and oxygen atoms in total. The van der Waals surface area contributed by atoms with Gasteiger partial charge in [0, 0.05) is 11.4 Å². The Labute approximate surface area is 177 Å². The second-order valence-corrected chi connectivity index (χ2v) is 9.55. The fourth-order valence-corrected chi connectivity index (χ4v) is 5.78. The van der Waals surface area contributed by atoms with Crippen molar-refractivity contribution in [2.24, 2.45) is 0 Å². The van der Waals surface area contributed by atoms with Crippen molar-refractivity contribution < 1.29 is 9.18 Å². The van der Waals surface area contributed by atoms with E-state index in [4.69, 9.17) is 0 Å². The predicted molar refractivity (Wildman–Crippen MR) is 118 cm³/mol. The van der Waals surface area contributed by atoms with E-state index in [1.807, 2.05) is 20.8 Å². The third-order valence-corrected chi connectivity index (χ3v) is 7.51. The first-order valence-corrected chi connectivity index (χ1v) is 11.5. The molecule has 0 atom stereocenters. The Bertz CT molecular complexity index is 1310. The molecule has 1 aromatic carbocycles. The van der Waals surface area contributed by atoms with Gasteiger partial charge in [0.1, 0.15) is 10.6 Å². The first kappa shape index (κ1) is 20.0. The lowest BCUT2D eigenvalue weighted by Gasteiger charge is -2.09. The SMILES string of the molecule is CCn1c(SCC(=O)Nc2nc3ccc(F)cc3s2)nc2sc(C)c(C)c2c1=O. The minimum atomic E-state index is -0.340. The number of thiazole rings is 1. The number of carbonyl (C=O) groups excluding carboxylic acids is 1. The Balaban J connectivity index is 1.54. The van der Waals surface area contributed by atoms with Gasteiger partial charge in [0.05, 0.1) is 21.4 Å². The molecule has 0 aliphatic rings. The maximum absolute atomic E-state index is 13.3. The van der Waals surface area contributed by atoms with Gasteiger partial charge >= 0.3 is 0 Å². The van der Waals surface area contributed by atoms with Crippen LogP contribution in [0, 0.1) is 19.7 Å². The van der Waals surface area contributed by atoms with Crippen molar-refractivity contribution in [3.63, 3.8) is 0 Å². The Morgan fingerprint density at radius 1 is 1.28 bits per heavy atom. The van der Waals surface area contributed by atoms with Crippen LogP contribution in [-0.4, -0.2) is 26.2 Å². The van der Waals surface area contributed by atoms with E-state index in [1.54, 1.807) is 10.6 Å². The first-order valence-electron chi connectivity index (χ1n) is 8.86. The van der Waals surface area contributed by atoms with Gasteiger partial charge in [0.2, 0.25) is 5.91 Å². The summed E-state index contributed by atoms with van der Waals surface area (Å²) in [6, 6.07) is 4.31. The van der Waals surface area contributed by atoms with Crippen molar-refractivity contribution in [2.45, 2.75) is 32.5 Å². The highest BCUT2D eigenvalue weighted by Crippen LogP contribution is 2.29. The molecule has 29 heavy (non-hydrogen) atoms. The van der Waals surface area contributed by atoms with Gasteiger partial charge in [-0.1, -0.05) is 23.1 Å². The number of fused-ring (bicyclic) bond motifs is 2. The van der Waals surface area contributed by atoms with E-state index in [1.165, 1.54) is 46.6 Å². The molecule has 3 aromatic heterocycles. The lowest BCUT2D eigenvalue weighted by molar-refractivity contribution is -0.113. The summed E-state index contributed by atoms with van der Waals surface area (Å²) in [6.07, 6.45) is 0. The van der Waals surface area contributed by atoms with Gasteiger partial charge in [-0.2, -0.15) is 0 Å². The summed E-state index contributed by atoms with van der Waals surface area (Å²) in [5.74, 6) is -0.510. The van der Waals surface area contributed by atoms with Gasteiger partial charge in [0.25, 0.3) is 5.56 Å². The number of hydrogen-bond donors (Lipinski definition) is 1. The van der Waals surface area contributed by atoms with Crippen molar-refractivity contribution in [3.8, 4) is 0 Å². The zero-order valence-corrected chi connectivity index (χ0v) is 18.4. The van der Waals surface area contributed by atoms with E-state index < -0.39 is 0 Å². The van der Waals surface area contributed by atoms with E-state index in [2.05, 4.69) is 15.3 Å². The van der Waals surface area contributed by atoms with Gasteiger partial charge in [-0.05, 0) is 44.5 Å². The lowest BCUT2D eigenvalue weighted by Crippen LogP contribution is -2.23. The number of amides is 1. The summed E-state index contributed by atoms with van der Waals surface area (Å²) in [6.45, 7) is 6.26. The molecule has 0 unspecified atom stereocenters. The largest absolute Gasteiger partial charge is 0.301 e.